The SMILES string of the molecule is CC(C)CCCCCCCCCCOC(=O)C1CCCCC1C(=O)OCCCCCCCCCCC(C)C. The summed E-state index contributed by atoms with van der Waals surface area (Å²) in [7, 11) is 0. The van der Waals surface area contributed by atoms with Crippen molar-refractivity contribution in [2.45, 2.75) is 169 Å². The molecule has 0 heterocycles. The van der Waals surface area contributed by atoms with Gasteiger partial charge in [0.1, 0.15) is 0 Å². The lowest BCUT2D eigenvalue weighted by Crippen LogP contribution is -2.35. The van der Waals surface area contributed by atoms with Gasteiger partial charge in [-0.15, -0.1) is 0 Å². The standard InChI is InChI=1S/C34H64O4/c1-29(2)23-17-13-9-5-7-11-15-21-27-37-33(35)31-25-19-20-26-32(31)34(36)38-28-22-16-12-8-6-10-14-18-24-30(3)4/h29-32H,5-28H2,1-4H3. The van der Waals surface area contributed by atoms with Crippen LogP contribution in [0.15, 0.2) is 0 Å². The Balaban J connectivity index is 2.07. The highest BCUT2D eigenvalue weighted by Crippen LogP contribution is 2.32. The fraction of sp³-hybridized carbons (Fsp3) is 0.941. The quantitative estimate of drug-likeness (QED) is 0.0909. The van der Waals surface area contributed by atoms with Crippen molar-refractivity contribution in [2.24, 2.45) is 23.7 Å². The Bertz CT molecular complexity index is 521. The van der Waals surface area contributed by atoms with Crippen molar-refractivity contribution in [1.29, 1.82) is 0 Å². The summed E-state index contributed by atoms with van der Waals surface area (Å²) in [6, 6.07) is 0. The molecule has 0 N–H and O–H groups in total. The van der Waals surface area contributed by atoms with E-state index in [1.54, 1.807) is 0 Å². The van der Waals surface area contributed by atoms with E-state index in [1.807, 2.05) is 0 Å². The van der Waals surface area contributed by atoms with Crippen molar-refractivity contribution in [2.75, 3.05) is 13.2 Å². The third kappa shape index (κ3) is 19.1. The smallest absolute Gasteiger partial charge is 0.309 e. The molecule has 1 rings (SSSR count). The second-order valence-electron chi connectivity index (χ2n) is 12.9. The molecule has 2 atom stereocenters. The fourth-order valence-electron chi connectivity index (χ4n) is 5.69. The second-order valence-corrected chi connectivity index (χ2v) is 12.9. The molecule has 0 aromatic heterocycles. The highest BCUT2D eigenvalue weighted by Gasteiger charge is 2.37. The van der Waals surface area contributed by atoms with Crippen molar-refractivity contribution < 1.29 is 19.1 Å². The second kappa shape index (κ2) is 23.8. The summed E-state index contributed by atoms with van der Waals surface area (Å²) in [5.74, 6) is 0.683. The molecule has 1 aliphatic carbocycles. The van der Waals surface area contributed by atoms with Gasteiger partial charge in [0.25, 0.3) is 0 Å². The topological polar surface area (TPSA) is 52.6 Å². The number of esters is 2. The van der Waals surface area contributed by atoms with Gasteiger partial charge in [0.05, 0.1) is 25.0 Å². The minimum atomic E-state index is -0.308. The number of hydrogen-bond acceptors (Lipinski definition) is 4. The number of hydrogen-bond donors (Lipinski definition) is 0. The minimum absolute atomic E-state index is 0.176. The van der Waals surface area contributed by atoms with E-state index in [0.29, 0.717) is 13.2 Å². The highest BCUT2D eigenvalue weighted by atomic mass is 16.5. The van der Waals surface area contributed by atoms with Crippen molar-refractivity contribution in [1.82, 2.24) is 0 Å². The zero-order valence-electron chi connectivity index (χ0n) is 25.9. The van der Waals surface area contributed by atoms with Crippen LogP contribution < -0.4 is 0 Å². The zero-order valence-corrected chi connectivity index (χ0v) is 25.9. The number of carbonyl (C=O) groups excluding carboxylic acids is 2. The third-order valence-electron chi connectivity index (χ3n) is 8.21. The van der Waals surface area contributed by atoms with E-state index in [9.17, 15) is 9.59 Å². The lowest BCUT2D eigenvalue weighted by molar-refractivity contribution is -0.163. The molecule has 0 bridgehead atoms. The molecular formula is C34H64O4. The van der Waals surface area contributed by atoms with Gasteiger partial charge in [-0.2, -0.15) is 0 Å². The van der Waals surface area contributed by atoms with Crippen molar-refractivity contribution in [3.63, 3.8) is 0 Å². The summed E-state index contributed by atoms with van der Waals surface area (Å²) >= 11 is 0. The van der Waals surface area contributed by atoms with Crippen LogP contribution in [-0.4, -0.2) is 25.2 Å². The van der Waals surface area contributed by atoms with Crippen LogP contribution in [0.5, 0.6) is 0 Å². The Hall–Kier alpha value is -1.06. The average Bonchev–Trinajstić information content (AvgIpc) is 2.89. The van der Waals surface area contributed by atoms with E-state index in [0.717, 1.165) is 63.2 Å². The van der Waals surface area contributed by atoms with Crippen LogP contribution in [0.4, 0.5) is 0 Å². The van der Waals surface area contributed by atoms with Gasteiger partial charge in [0.15, 0.2) is 0 Å². The number of carbonyl (C=O) groups is 2. The van der Waals surface area contributed by atoms with Gasteiger partial charge < -0.3 is 9.47 Å². The Morgan fingerprint density at radius 2 is 0.789 bits per heavy atom. The Morgan fingerprint density at radius 1 is 0.500 bits per heavy atom. The first kappa shape index (κ1) is 35.0. The molecule has 0 spiro atoms. The first-order valence-corrected chi connectivity index (χ1v) is 16.7. The van der Waals surface area contributed by atoms with Gasteiger partial charge in [-0.1, -0.05) is 143 Å². The number of rotatable bonds is 24. The van der Waals surface area contributed by atoms with Gasteiger partial charge in [-0.25, -0.2) is 0 Å². The lowest BCUT2D eigenvalue weighted by atomic mass is 9.79. The number of ether oxygens (including phenoxy) is 2. The van der Waals surface area contributed by atoms with E-state index < -0.39 is 0 Å². The van der Waals surface area contributed by atoms with Gasteiger partial charge in [-0.3, -0.25) is 9.59 Å². The summed E-state index contributed by atoms with van der Waals surface area (Å²) in [6.07, 6.45) is 26.1. The van der Waals surface area contributed by atoms with Crippen molar-refractivity contribution in [3.05, 3.63) is 0 Å². The van der Waals surface area contributed by atoms with E-state index in [4.69, 9.17) is 9.47 Å². The molecule has 4 heteroatoms. The molecule has 0 aromatic rings. The fourth-order valence-corrected chi connectivity index (χ4v) is 5.69. The summed E-state index contributed by atoms with van der Waals surface area (Å²) in [5, 5.41) is 0. The summed E-state index contributed by atoms with van der Waals surface area (Å²) in [4.78, 5) is 25.5. The molecule has 1 fully saturated rings. The highest BCUT2D eigenvalue weighted by molar-refractivity contribution is 5.82. The molecule has 0 amide bonds. The van der Waals surface area contributed by atoms with Gasteiger partial charge >= 0.3 is 11.9 Å². The normalized spacial score (nSPS) is 17.7. The lowest BCUT2D eigenvalue weighted by Gasteiger charge is -2.28. The molecule has 224 valence electrons. The van der Waals surface area contributed by atoms with Crippen LogP contribution >= 0.6 is 0 Å². The predicted octanol–water partition coefficient (Wildman–Crippen LogP) is 10.2. The molecule has 2 unspecified atom stereocenters. The molecule has 0 aliphatic heterocycles. The van der Waals surface area contributed by atoms with Crippen LogP contribution in [-0.2, 0) is 19.1 Å². The molecule has 0 radical (unpaired) electrons. The van der Waals surface area contributed by atoms with E-state index >= 15 is 0 Å². The van der Waals surface area contributed by atoms with E-state index in [2.05, 4.69) is 27.7 Å². The Morgan fingerprint density at radius 3 is 1.11 bits per heavy atom. The summed E-state index contributed by atoms with van der Waals surface area (Å²) < 4.78 is 11.2. The van der Waals surface area contributed by atoms with Crippen LogP contribution in [0.25, 0.3) is 0 Å². The van der Waals surface area contributed by atoms with E-state index in [-0.39, 0.29) is 23.8 Å². The summed E-state index contributed by atoms with van der Waals surface area (Å²) in [6.45, 7) is 10.2. The van der Waals surface area contributed by atoms with Crippen LogP contribution in [0, 0.1) is 23.7 Å². The third-order valence-corrected chi connectivity index (χ3v) is 8.21. The first-order valence-electron chi connectivity index (χ1n) is 16.7. The van der Waals surface area contributed by atoms with Gasteiger partial charge in [-0.05, 0) is 37.5 Å². The molecule has 1 saturated carbocycles. The maximum absolute atomic E-state index is 12.7. The van der Waals surface area contributed by atoms with Crippen LogP contribution in [0.1, 0.15) is 169 Å². The van der Waals surface area contributed by atoms with Crippen molar-refractivity contribution in [3.8, 4) is 0 Å². The molecule has 0 aromatic carbocycles. The largest absolute Gasteiger partial charge is 0.465 e. The Kier molecular flexibility index (Phi) is 21.9. The zero-order chi connectivity index (χ0) is 27.8. The minimum Gasteiger partial charge on any atom is -0.465 e. The molecular weight excluding hydrogens is 472 g/mol. The van der Waals surface area contributed by atoms with Crippen LogP contribution in [0.3, 0.4) is 0 Å². The molecule has 0 saturated heterocycles. The Labute approximate surface area is 236 Å². The number of unbranched alkanes of at least 4 members (excludes halogenated alkanes) is 14. The maximum Gasteiger partial charge on any atom is 0.309 e. The predicted molar refractivity (Wildman–Crippen MR) is 160 cm³/mol. The summed E-state index contributed by atoms with van der Waals surface area (Å²) in [5.41, 5.74) is 0. The monoisotopic (exact) mass is 536 g/mol. The molecule has 4 nitrogen and oxygen atoms in total. The van der Waals surface area contributed by atoms with Crippen LogP contribution in [0.2, 0.25) is 0 Å². The van der Waals surface area contributed by atoms with Gasteiger partial charge in [0.2, 0.25) is 0 Å². The van der Waals surface area contributed by atoms with Crippen molar-refractivity contribution >= 4 is 11.9 Å². The average molecular weight is 537 g/mol. The molecule has 38 heavy (non-hydrogen) atoms. The van der Waals surface area contributed by atoms with E-state index in [1.165, 1.54) is 89.9 Å². The maximum atomic E-state index is 12.7. The first-order chi connectivity index (χ1) is 18.4. The molecule has 1 aliphatic rings. The van der Waals surface area contributed by atoms with Gasteiger partial charge in [0, 0.05) is 0 Å².